The minimum absolute atomic E-state index is 0.00120. The molecule has 0 fully saturated rings. The average Bonchev–Trinajstić information content (AvgIpc) is 2.79. The van der Waals surface area contributed by atoms with E-state index in [9.17, 15) is 9.59 Å². The van der Waals surface area contributed by atoms with E-state index in [0.717, 1.165) is 48.8 Å². The number of amides is 1. The Labute approximate surface area is 193 Å². The maximum absolute atomic E-state index is 11.9. The standard InChI is InChI=1S/C25H28ClN3O3/c1-18(30)19-6-9-21(10-7-19)32-17-25(31)29-14-5-3-2-4-13-27-23-12-15-28-24-16-20(26)8-11-22(23)24/h6-12,15-16H,2-5,13-14,17H2,1H3,(H,27,28)(H,29,31). The van der Waals surface area contributed by atoms with Crippen LogP contribution in [0.2, 0.25) is 5.02 Å². The number of nitrogens with one attached hydrogen (secondary N) is 2. The first kappa shape index (κ1) is 23.5. The van der Waals surface area contributed by atoms with E-state index in [-0.39, 0.29) is 18.3 Å². The number of carbonyl (C=O) groups is 2. The van der Waals surface area contributed by atoms with Crippen LogP contribution in [0, 0.1) is 0 Å². The van der Waals surface area contributed by atoms with Crippen LogP contribution in [0.4, 0.5) is 5.69 Å². The molecule has 3 rings (SSSR count). The van der Waals surface area contributed by atoms with Crippen LogP contribution in [0.1, 0.15) is 43.0 Å². The van der Waals surface area contributed by atoms with Crippen LogP contribution in [0.5, 0.6) is 5.75 Å². The molecule has 0 spiro atoms. The second-order valence-corrected chi connectivity index (χ2v) is 8.02. The Morgan fingerprint density at radius 3 is 2.47 bits per heavy atom. The Bertz CT molecular complexity index is 1050. The van der Waals surface area contributed by atoms with E-state index in [0.29, 0.717) is 22.9 Å². The van der Waals surface area contributed by atoms with Gasteiger partial charge in [-0.2, -0.15) is 0 Å². The van der Waals surface area contributed by atoms with Crippen molar-refractivity contribution in [2.45, 2.75) is 32.6 Å². The van der Waals surface area contributed by atoms with E-state index >= 15 is 0 Å². The van der Waals surface area contributed by atoms with Gasteiger partial charge in [-0.1, -0.05) is 24.4 Å². The summed E-state index contributed by atoms with van der Waals surface area (Å²) in [6, 6.07) is 14.5. The predicted octanol–water partition coefficient (Wildman–Crippen LogP) is 5.26. The van der Waals surface area contributed by atoms with Crippen LogP contribution in [0.15, 0.2) is 54.7 Å². The van der Waals surface area contributed by atoms with Gasteiger partial charge in [-0.25, -0.2) is 0 Å². The number of halogens is 1. The Morgan fingerprint density at radius 2 is 1.72 bits per heavy atom. The molecule has 0 unspecified atom stereocenters. The fourth-order valence-corrected chi connectivity index (χ4v) is 3.48. The van der Waals surface area contributed by atoms with Gasteiger partial charge in [-0.05, 0) is 68.3 Å². The lowest BCUT2D eigenvalue weighted by Gasteiger charge is -2.10. The maximum atomic E-state index is 11.9. The van der Waals surface area contributed by atoms with Gasteiger partial charge >= 0.3 is 0 Å². The molecule has 2 N–H and O–H groups in total. The number of Topliss-reactive ketones (excluding diaryl/α,β-unsaturated/α-hetero) is 1. The number of ketones is 1. The first-order valence-electron chi connectivity index (χ1n) is 10.8. The number of hydrogen-bond acceptors (Lipinski definition) is 5. The monoisotopic (exact) mass is 453 g/mol. The molecule has 1 heterocycles. The number of rotatable bonds is 12. The molecule has 3 aromatic rings. The number of hydrogen-bond donors (Lipinski definition) is 2. The highest BCUT2D eigenvalue weighted by molar-refractivity contribution is 6.31. The van der Waals surface area contributed by atoms with E-state index in [4.69, 9.17) is 16.3 Å². The Hall–Kier alpha value is -3.12. The molecule has 0 aliphatic heterocycles. The van der Waals surface area contributed by atoms with Gasteiger partial charge in [0.25, 0.3) is 5.91 Å². The fraction of sp³-hybridized carbons (Fsp3) is 0.320. The summed E-state index contributed by atoms with van der Waals surface area (Å²) in [5.41, 5.74) is 2.57. The summed E-state index contributed by atoms with van der Waals surface area (Å²) in [4.78, 5) is 27.5. The van der Waals surface area contributed by atoms with Crippen molar-refractivity contribution in [1.29, 1.82) is 0 Å². The molecule has 0 bridgehead atoms. The van der Waals surface area contributed by atoms with E-state index in [1.165, 1.54) is 6.92 Å². The van der Waals surface area contributed by atoms with Crippen molar-refractivity contribution in [1.82, 2.24) is 10.3 Å². The third-order valence-corrected chi connectivity index (χ3v) is 5.31. The number of fused-ring (bicyclic) bond motifs is 1. The molecule has 0 aliphatic carbocycles. The molecule has 0 saturated heterocycles. The van der Waals surface area contributed by atoms with Crippen molar-refractivity contribution in [3.05, 3.63) is 65.3 Å². The van der Waals surface area contributed by atoms with E-state index in [1.54, 1.807) is 30.5 Å². The molecule has 0 saturated carbocycles. The number of ether oxygens (including phenoxy) is 1. The molecule has 7 heteroatoms. The van der Waals surface area contributed by atoms with Crippen LogP contribution in [-0.4, -0.2) is 36.4 Å². The SMILES string of the molecule is CC(=O)c1ccc(OCC(=O)NCCCCCCNc2ccnc3cc(Cl)ccc23)cc1. The summed E-state index contributed by atoms with van der Waals surface area (Å²) in [5, 5.41) is 8.09. The van der Waals surface area contributed by atoms with Gasteiger partial charge in [0.2, 0.25) is 0 Å². The van der Waals surface area contributed by atoms with Crippen LogP contribution in [0.3, 0.4) is 0 Å². The number of aromatic nitrogens is 1. The number of unbranched alkanes of at least 4 members (excludes halogenated alkanes) is 3. The van der Waals surface area contributed by atoms with Crippen LogP contribution in [-0.2, 0) is 4.79 Å². The van der Waals surface area contributed by atoms with Gasteiger partial charge in [0, 0.05) is 40.9 Å². The molecule has 2 aromatic carbocycles. The highest BCUT2D eigenvalue weighted by atomic mass is 35.5. The number of benzene rings is 2. The van der Waals surface area contributed by atoms with Gasteiger partial charge in [0.1, 0.15) is 5.75 Å². The highest BCUT2D eigenvalue weighted by Gasteiger charge is 2.04. The van der Waals surface area contributed by atoms with Crippen molar-refractivity contribution in [3.8, 4) is 5.75 Å². The van der Waals surface area contributed by atoms with Gasteiger partial charge in [0.15, 0.2) is 12.4 Å². The smallest absolute Gasteiger partial charge is 0.257 e. The van der Waals surface area contributed by atoms with Crippen molar-refractivity contribution in [2.75, 3.05) is 25.0 Å². The number of pyridine rings is 1. The highest BCUT2D eigenvalue weighted by Crippen LogP contribution is 2.24. The summed E-state index contributed by atoms with van der Waals surface area (Å²) < 4.78 is 5.45. The lowest BCUT2D eigenvalue weighted by molar-refractivity contribution is -0.123. The maximum Gasteiger partial charge on any atom is 0.257 e. The van der Waals surface area contributed by atoms with Gasteiger partial charge < -0.3 is 15.4 Å². The zero-order valence-corrected chi connectivity index (χ0v) is 19.0. The topological polar surface area (TPSA) is 80.3 Å². The molecular formula is C25H28ClN3O3. The average molecular weight is 454 g/mol. The second kappa shape index (κ2) is 12.1. The Kier molecular flexibility index (Phi) is 8.87. The van der Waals surface area contributed by atoms with Crippen molar-refractivity contribution >= 4 is 39.9 Å². The van der Waals surface area contributed by atoms with Crippen molar-refractivity contribution in [2.24, 2.45) is 0 Å². The third-order valence-electron chi connectivity index (χ3n) is 5.08. The molecule has 1 aromatic heterocycles. The second-order valence-electron chi connectivity index (χ2n) is 7.58. The lowest BCUT2D eigenvalue weighted by Crippen LogP contribution is -2.29. The predicted molar refractivity (Wildman–Crippen MR) is 129 cm³/mol. The molecule has 0 atom stereocenters. The van der Waals surface area contributed by atoms with Crippen LogP contribution >= 0.6 is 11.6 Å². The quantitative estimate of drug-likeness (QED) is 0.289. The van der Waals surface area contributed by atoms with Crippen LogP contribution < -0.4 is 15.4 Å². The Morgan fingerprint density at radius 1 is 0.969 bits per heavy atom. The normalized spacial score (nSPS) is 10.7. The molecule has 0 aliphatic rings. The van der Waals surface area contributed by atoms with Gasteiger partial charge in [-0.3, -0.25) is 14.6 Å². The van der Waals surface area contributed by atoms with E-state index < -0.39 is 0 Å². The van der Waals surface area contributed by atoms with E-state index in [2.05, 4.69) is 15.6 Å². The molecule has 168 valence electrons. The first-order chi connectivity index (χ1) is 15.5. The minimum atomic E-state index is -0.146. The van der Waals surface area contributed by atoms with E-state index in [1.807, 2.05) is 24.3 Å². The van der Waals surface area contributed by atoms with Gasteiger partial charge in [0.05, 0.1) is 5.52 Å². The van der Waals surface area contributed by atoms with Gasteiger partial charge in [-0.15, -0.1) is 0 Å². The Balaban J connectivity index is 1.25. The van der Waals surface area contributed by atoms with Crippen molar-refractivity contribution in [3.63, 3.8) is 0 Å². The molecule has 0 radical (unpaired) electrons. The van der Waals surface area contributed by atoms with Crippen molar-refractivity contribution < 1.29 is 14.3 Å². The number of nitrogens with zero attached hydrogens (tertiary/aromatic N) is 1. The summed E-state index contributed by atoms with van der Waals surface area (Å²) in [6.07, 6.45) is 5.88. The molecular weight excluding hydrogens is 426 g/mol. The summed E-state index contributed by atoms with van der Waals surface area (Å²) in [6.45, 7) is 2.99. The molecule has 1 amide bonds. The summed E-state index contributed by atoms with van der Waals surface area (Å²) in [7, 11) is 0. The molecule has 32 heavy (non-hydrogen) atoms. The number of anilines is 1. The minimum Gasteiger partial charge on any atom is -0.484 e. The largest absolute Gasteiger partial charge is 0.484 e. The fourth-order valence-electron chi connectivity index (χ4n) is 3.32. The van der Waals surface area contributed by atoms with Crippen LogP contribution in [0.25, 0.3) is 10.9 Å². The first-order valence-corrected chi connectivity index (χ1v) is 11.2. The zero-order chi connectivity index (χ0) is 22.8. The lowest BCUT2D eigenvalue weighted by atomic mass is 10.1. The summed E-state index contributed by atoms with van der Waals surface area (Å²) in [5.74, 6) is 0.427. The third kappa shape index (κ3) is 7.24. The summed E-state index contributed by atoms with van der Waals surface area (Å²) >= 11 is 6.03. The zero-order valence-electron chi connectivity index (χ0n) is 18.2. The number of carbonyl (C=O) groups excluding carboxylic acids is 2. The molecule has 6 nitrogen and oxygen atoms in total.